The summed E-state index contributed by atoms with van der Waals surface area (Å²) in [6.07, 6.45) is 0. The molecule has 0 spiro atoms. The first-order valence-electron chi connectivity index (χ1n) is 6.20. The van der Waals surface area contributed by atoms with Crippen LogP contribution in [0, 0.1) is 23.2 Å². The Morgan fingerprint density at radius 2 is 1.95 bits per heavy atom. The topological polar surface area (TPSA) is 26.3 Å². The van der Waals surface area contributed by atoms with Crippen LogP contribution in [0.2, 0.25) is 0 Å². The van der Waals surface area contributed by atoms with E-state index >= 15 is 0 Å². The van der Waals surface area contributed by atoms with Gasteiger partial charge in [-0.2, -0.15) is 0 Å². The van der Waals surface area contributed by atoms with Gasteiger partial charge in [0.1, 0.15) is 11.6 Å². The molecule has 0 bridgehead atoms. The molecule has 0 aliphatic heterocycles. The monoisotopic (exact) mass is 462 g/mol. The van der Waals surface area contributed by atoms with Crippen LogP contribution in [0.3, 0.4) is 0 Å². The minimum absolute atomic E-state index is 0.168. The van der Waals surface area contributed by atoms with Gasteiger partial charge in [0.25, 0.3) is 0 Å². The molecule has 0 unspecified atom stereocenters. The highest BCUT2D eigenvalue weighted by molar-refractivity contribution is 14.1. The molecule has 0 atom stereocenters. The van der Waals surface area contributed by atoms with Crippen LogP contribution >= 0.6 is 38.5 Å². The Kier molecular flexibility index (Phi) is 5.03. The molecule has 0 amide bonds. The molecular formula is C16H13BrFIO2. The minimum atomic E-state index is -0.356. The number of hydrogen-bond donors (Lipinski definition) is 0. The van der Waals surface area contributed by atoms with Gasteiger partial charge < -0.3 is 4.74 Å². The zero-order valence-corrected chi connectivity index (χ0v) is 15.5. The van der Waals surface area contributed by atoms with E-state index in [0.717, 1.165) is 15.6 Å². The lowest BCUT2D eigenvalue weighted by atomic mass is 9.96. The number of carbonyl (C=O) groups excluding carboxylic acids is 1. The summed E-state index contributed by atoms with van der Waals surface area (Å²) in [5.74, 6) is 0.0315. The Morgan fingerprint density at radius 3 is 2.52 bits per heavy atom. The number of benzene rings is 2. The number of rotatable bonds is 3. The molecule has 0 aliphatic rings. The second-order valence-corrected chi connectivity index (χ2v) is 6.68. The van der Waals surface area contributed by atoms with Crippen LogP contribution in [0.5, 0.6) is 5.75 Å². The van der Waals surface area contributed by atoms with E-state index in [4.69, 9.17) is 4.74 Å². The summed E-state index contributed by atoms with van der Waals surface area (Å²) in [6, 6.07) is 6.07. The minimum Gasteiger partial charge on any atom is -0.496 e. The quantitative estimate of drug-likeness (QED) is 0.471. The van der Waals surface area contributed by atoms with Crippen LogP contribution in [-0.2, 0) is 0 Å². The van der Waals surface area contributed by atoms with E-state index in [-0.39, 0.29) is 11.6 Å². The molecule has 21 heavy (non-hydrogen) atoms. The van der Waals surface area contributed by atoms with Gasteiger partial charge in [0.2, 0.25) is 0 Å². The summed E-state index contributed by atoms with van der Waals surface area (Å²) in [6.45, 7) is 3.74. The second-order valence-electron chi connectivity index (χ2n) is 4.66. The van der Waals surface area contributed by atoms with E-state index in [0.29, 0.717) is 20.4 Å². The number of hydrogen-bond acceptors (Lipinski definition) is 2. The third kappa shape index (κ3) is 3.13. The van der Waals surface area contributed by atoms with E-state index in [1.54, 1.807) is 7.11 Å². The zero-order valence-electron chi connectivity index (χ0n) is 11.8. The molecule has 2 aromatic rings. The Hall–Kier alpha value is -0.950. The van der Waals surface area contributed by atoms with E-state index in [9.17, 15) is 9.18 Å². The van der Waals surface area contributed by atoms with Crippen molar-refractivity contribution in [2.24, 2.45) is 0 Å². The van der Waals surface area contributed by atoms with Gasteiger partial charge in [-0.05, 0) is 71.8 Å². The summed E-state index contributed by atoms with van der Waals surface area (Å²) < 4.78 is 20.0. The lowest BCUT2D eigenvalue weighted by Crippen LogP contribution is -2.10. The summed E-state index contributed by atoms with van der Waals surface area (Å²) in [5.41, 5.74) is 2.66. The normalized spacial score (nSPS) is 10.6. The molecule has 0 saturated carbocycles. The van der Waals surface area contributed by atoms with Gasteiger partial charge in [-0.15, -0.1) is 0 Å². The Bertz CT molecular complexity index is 729. The third-order valence-corrected chi connectivity index (χ3v) is 4.98. The van der Waals surface area contributed by atoms with Crippen molar-refractivity contribution in [1.82, 2.24) is 0 Å². The molecule has 5 heteroatoms. The highest BCUT2D eigenvalue weighted by Gasteiger charge is 2.22. The zero-order chi connectivity index (χ0) is 15.7. The SMILES string of the molecule is COc1c(C)cc(Br)c(C)c1C(=O)c1ccc(F)cc1I. The van der Waals surface area contributed by atoms with Crippen molar-refractivity contribution < 1.29 is 13.9 Å². The lowest BCUT2D eigenvalue weighted by Gasteiger charge is -2.15. The fourth-order valence-corrected chi connectivity index (χ4v) is 3.46. The highest BCUT2D eigenvalue weighted by Crippen LogP contribution is 2.34. The molecule has 0 saturated heterocycles. The molecule has 2 nitrogen and oxygen atoms in total. The number of ketones is 1. The molecule has 0 N–H and O–H groups in total. The van der Waals surface area contributed by atoms with Gasteiger partial charge in [0, 0.05) is 13.6 Å². The van der Waals surface area contributed by atoms with Crippen molar-refractivity contribution in [3.05, 3.63) is 60.4 Å². The van der Waals surface area contributed by atoms with Gasteiger partial charge in [-0.25, -0.2) is 4.39 Å². The first-order chi connectivity index (χ1) is 9.86. The maximum absolute atomic E-state index is 13.2. The van der Waals surface area contributed by atoms with Crippen molar-refractivity contribution in [3.63, 3.8) is 0 Å². The lowest BCUT2D eigenvalue weighted by molar-refractivity contribution is 0.103. The summed E-state index contributed by atoms with van der Waals surface area (Å²) in [4.78, 5) is 12.9. The van der Waals surface area contributed by atoms with Crippen LogP contribution in [0.1, 0.15) is 27.0 Å². The predicted molar refractivity (Wildman–Crippen MR) is 92.7 cm³/mol. The van der Waals surface area contributed by atoms with Crippen molar-refractivity contribution in [2.45, 2.75) is 13.8 Å². The molecule has 2 rings (SSSR count). The van der Waals surface area contributed by atoms with Crippen LogP contribution in [0.4, 0.5) is 4.39 Å². The number of methoxy groups -OCH3 is 1. The third-order valence-electron chi connectivity index (χ3n) is 3.27. The number of ether oxygens (including phenoxy) is 1. The first kappa shape index (κ1) is 16.4. The van der Waals surface area contributed by atoms with Gasteiger partial charge in [0.15, 0.2) is 5.78 Å². The smallest absolute Gasteiger partial charge is 0.198 e. The van der Waals surface area contributed by atoms with E-state index in [2.05, 4.69) is 15.9 Å². The second kappa shape index (κ2) is 6.44. The molecule has 0 aliphatic carbocycles. The van der Waals surface area contributed by atoms with Crippen LogP contribution in [0.25, 0.3) is 0 Å². The molecular weight excluding hydrogens is 450 g/mol. The average molecular weight is 463 g/mol. The van der Waals surface area contributed by atoms with Crippen LogP contribution < -0.4 is 4.74 Å². The summed E-state index contributed by atoms with van der Waals surface area (Å²) >= 11 is 5.43. The average Bonchev–Trinajstić information content (AvgIpc) is 2.41. The molecule has 0 radical (unpaired) electrons. The molecule has 0 heterocycles. The maximum Gasteiger partial charge on any atom is 0.198 e. The largest absolute Gasteiger partial charge is 0.496 e. The van der Waals surface area contributed by atoms with Gasteiger partial charge in [-0.3, -0.25) is 4.79 Å². The fraction of sp³-hybridized carbons (Fsp3) is 0.188. The first-order valence-corrected chi connectivity index (χ1v) is 8.07. The van der Waals surface area contributed by atoms with Gasteiger partial charge in [-0.1, -0.05) is 15.9 Å². The fourth-order valence-electron chi connectivity index (χ4n) is 2.20. The summed E-state index contributed by atoms with van der Waals surface area (Å²) in [7, 11) is 1.54. The highest BCUT2D eigenvalue weighted by atomic mass is 127. The van der Waals surface area contributed by atoms with E-state index < -0.39 is 0 Å². The Labute approximate surface area is 145 Å². The summed E-state index contributed by atoms with van der Waals surface area (Å²) in [5, 5.41) is 0. The molecule has 110 valence electrons. The van der Waals surface area contributed by atoms with Crippen LogP contribution in [0.15, 0.2) is 28.7 Å². The maximum atomic E-state index is 13.2. The molecule has 2 aromatic carbocycles. The van der Waals surface area contributed by atoms with Crippen molar-refractivity contribution >= 4 is 44.3 Å². The van der Waals surface area contributed by atoms with E-state index in [1.165, 1.54) is 18.2 Å². The number of aryl methyl sites for hydroxylation is 1. The standard InChI is InChI=1S/C16H13BrFIO2/c1-8-6-12(17)9(2)14(16(8)21-3)15(20)11-5-4-10(18)7-13(11)19/h4-7H,1-3H3. The Morgan fingerprint density at radius 1 is 1.29 bits per heavy atom. The Balaban J connectivity index is 2.68. The molecule has 0 fully saturated rings. The number of halogens is 3. The van der Waals surface area contributed by atoms with Crippen molar-refractivity contribution in [1.29, 1.82) is 0 Å². The van der Waals surface area contributed by atoms with Gasteiger partial charge >= 0.3 is 0 Å². The number of carbonyl (C=O) groups is 1. The predicted octanol–water partition coefficient (Wildman–Crippen LogP) is 5.05. The van der Waals surface area contributed by atoms with E-state index in [1.807, 2.05) is 42.5 Å². The van der Waals surface area contributed by atoms with Crippen molar-refractivity contribution in [2.75, 3.05) is 7.11 Å². The van der Waals surface area contributed by atoms with Crippen molar-refractivity contribution in [3.8, 4) is 5.75 Å². The van der Waals surface area contributed by atoms with Gasteiger partial charge in [0.05, 0.1) is 12.7 Å². The molecule has 0 aromatic heterocycles. The van der Waals surface area contributed by atoms with Crippen LogP contribution in [-0.4, -0.2) is 12.9 Å².